The van der Waals surface area contributed by atoms with Gasteiger partial charge in [-0.2, -0.15) is 0 Å². The molecule has 4 aliphatic carbocycles. The standard InChI is InChI=1S/C21H34O/c1-3-22-14-16-13-15-7-4-5-8-17(15)18-10-12-21(2)11-6-9-19(21)20(16)18/h5,8,15-20H,3-4,6-7,9-14H2,1-2H3/t15?,16?,17-,18+,19-,20+,21-/m0/s1. The molecule has 3 fully saturated rings. The lowest BCUT2D eigenvalue weighted by atomic mass is 9.49. The van der Waals surface area contributed by atoms with Crippen molar-refractivity contribution in [1.29, 1.82) is 0 Å². The smallest absolute Gasteiger partial charge is 0.0497 e. The van der Waals surface area contributed by atoms with Crippen molar-refractivity contribution >= 4 is 0 Å². The van der Waals surface area contributed by atoms with Gasteiger partial charge < -0.3 is 4.74 Å². The minimum atomic E-state index is 0.664. The SMILES string of the molecule is CCOCC1CC2CCC=C[C@@H]2[C@H]2CC[C@]3(C)CCC[C@H]3[C@H]12. The van der Waals surface area contributed by atoms with Crippen molar-refractivity contribution in [1.82, 2.24) is 0 Å². The van der Waals surface area contributed by atoms with E-state index in [1.54, 1.807) is 0 Å². The highest BCUT2D eigenvalue weighted by Crippen LogP contribution is 2.63. The lowest BCUT2D eigenvalue weighted by molar-refractivity contribution is -0.0846. The van der Waals surface area contributed by atoms with Crippen LogP contribution >= 0.6 is 0 Å². The fraction of sp³-hybridized carbons (Fsp3) is 0.905. The van der Waals surface area contributed by atoms with E-state index in [1.165, 1.54) is 51.4 Å². The molecule has 2 unspecified atom stereocenters. The summed E-state index contributed by atoms with van der Waals surface area (Å²) in [7, 11) is 0. The van der Waals surface area contributed by atoms with E-state index in [0.29, 0.717) is 5.41 Å². The fourth-order valence-corrected chi connectivity index (χ4v) is 7.02. The molecule has 0 spiro atoms. The largest absolute Gasteiger partial charge is 0.381 e. The van der Waals surface area contributed by atoms with Crippen LogP contribution in [-0.4, -0.2) is 13.2 Å². The van der Waals surface area contributed by atoms with Gasteiger partial charge in [-0.3, -0.25) is 0 Å². The van der Waals surface area contributed by atoms with Gasteiger partial charge in [-0.05, 0) is 92.8 Å². The highest BCUT2D eigenvalue weighted by atomic mass is 16.5. The second-order valence-electron chi connectivity index (χ2n) is 8.93. The van der Waals surface area contributed by atoms with Crippen LogP contribution in [0.4, 0.5) is 0 Å². The maximum atomic E-state index is 5.97. The van der Waals surface area contributed by atoms with E-state index < -0.39 is 0 Å². The van der Waals surface area contributed by atoms with Crippen molar-refractivity contribution in [3.05, 3.63) is 12.2 Å². The molecule has 0 saturated heterocycles. The van der Waals surface area contributed by atoms with Crippen LogP contribution in [0.2, 0.25) is 0 Å². The molecular formula is C21H34O. The molecule has 3 saturated carbocycles. The molecule has 0 N–H and O–H groups in total. The molecule has 7 atom stereocenters. The zero-order chi connectivity index (χ0) is 15.2. The molecule has 0 bridgehead atoms. The van der Waals surface area contributed by atoms with Gasteiger partial charge in [-0.25, -0.2) is 0 Å². The van der Waals surface area contributed by atoms with Gasteiger partial charge in [0.2, 0.25) is 0 Å². The first kappa shape index (κ1) is 15.2. The van der Waals surface area contributed by atoms with Gasteiger partial charge in [-0.1, -0.05) is 25.5 Å². The third-order valence-electron chi connectivity index (χ3n) is 7.95. The minimum absolute atomic E-state index is 0.664. The molecule has 0 aromatic carbocycles. The molecule has 0 aromatic heterocycles. The first-order valence-electron chi connectivity index (χ1n) is 9.97. The molecule has 0 aliphatic heterocycles. The van der Waals surface area contributed by atoms with Crippen LogP contribution in [0.5, 0.6) is 0 Å². The fourth-order valence-electron chi connectivity index (χ4n) is 7.02. The molecule has 124 valence electrons. The predicted octanol–water partition coefficient (Wildman–Crippen LogP) is 5.46. The molecule has 0 radical (unpaired) electrons. The summed E-state index contributed by atoms with van der Waals surface area (Å²) < 4.78 is 5.97. The Hall–Kier alpha value is -0.300. The van der Waals surface area contributed by atoms with Crippen molar-refractivity contribution in [2.75, 3.05) is 13.2 Å². The van der Waals surface area contributed by atoms with E-state index in [4.69, 9.17) is 4.74 Å². The molecule has 0 heterocycles. The molecule has 1 nitrogen and oxygen atoms in total. The normalized spacial score (nSPS) is 50.3. The topological polar surface area (TPSA) is 9.23 Å². The Bertz CT molecular complexity index is 428. The highest BCUT2D eigenvalue weighted by Gasteiger charge is 2.55. The van der Waals surface area contributed by atoms with Crippen molar-refractivity contribution in [3.8, 4) is 0 Å². The summed E-state index contributed by atoms with van der Waals surface area (Å²) in [5.41, 5.74) is 0.664. The zero-order valence-electron chi connectivity index (χ0n) is 14.6. The summed E-state index contributed by atoms with van der Waals surface area (Å²) in [5, 5.41) is 0. The highest BCUT2D eigenvalue weighted by molar-refractivity contribution is 5.10. The number of allylic oxidation sites excluding steroid dienone is 2. The van der Waals surface area contributed by atoms with Gasteiger partial charge in [0.25, 0.3) is 0 Å². The third kappa shape index (κ3) is 2.39. The third-order valence-corrected chi connectivity index (χ3v) is 7.95. The van der Waals surface area contributed by atoms with Crippen LogP contribution in [0.3, 0.4) is 0 Å². The summed E-state index contributed by atoms with van der Waals surface area (Å²) in [6, 6.07) is 0. The summed E-state index contributed by atoms with van der Waals surface area (Å²) >= 11 is 0. The number of rotatable bonds is 3. The Balaban J connectivity index is 1.63. The first-order valence-corrected chi connectivity index (χ1v) is 9.97. The minimum Gasteiger partial charge on any atom is -0.381 e. The predicted molar refractivity (Wildman–Crippen MR) is 91.6 cm³/mol. The Morgan fingerprint density at radius 1 is 1.18 bits per heavy atom. The maximum Gasteiger partial charge on any atom is 0.0497 e. The molecule has 22 heavy (non-hydrogen) atoms. The number of hydrogen-bond acceptors (Lipinski definition) is 1. The van der Waals surface area contributed by atoms with Crippen LogP contribution in [0, 0.1) is 40.9 Å². The second-order valence-corrected chi connectivity index (χ2v) is 8.93. The van der Waals surface area contributed by atoms with Crippen LogP contribution in [0.25, 0.3) is 0 Å². The molecule has 1 heteroatoms. The van der Waals surface area contributed by atoms with Gasteiger partial charge in [0, 0.05) is 13.2 Å². The quantitative estimate of drug-likeness (QED) is 0.629. The lowest BCUT2D eigenvalue weighted by Crippen LogP contribution is -2.50. The van der Waals surface area contributed by atoms with Crippen molar-refractivity contribution < 1.29 is 4.74 Å². The molecule has 4 aliphatic rings. The van der Waals surface area contributed by atoms with Crippen LogP contribution in [-0.2, 0) is 4.74 Å². The Morgan fingerprint density at radius 3 is 2.95 bits per heavy atom. The number of hydrogen-bond donors (Lipinski definition) is 0. The maximum absolute atomic E-state index is 5.97. The van der Waals surface area contributed by atoms with Gasteiger partial charge in [0.1, 0.15) is 0 Å². The van der Waals surface area contributed by atoms with Crippen molar-refractivity contribution in [2.45, 2.75) is 65.2 Å². The zero-order valence-corrected chi connectivity index (χ0v) is 14.6. The van der Waals surface area contributed by atoms with E-state index in [9.17, 15) is 0 Å². The van der Waals surface area contributed by atoms with Gasteiger partial charge in [-0.15, -0.1) is 0 Å². The van der Waals surface area contributed by atoms with Crippen molar-refractivity contribution in [2.24, 2.45) is 40.9 Å². The summed E-state index contributed by atoms with van der Waals surface area (Å²) in [6.45, 7) is 6.70. The van der Waals surface area contributed by atoms with E-state index in [1.807, 2.05) is 0 Å². The molecular weight excluding hydrogens is 268 g/mol. The van der Waals surface area contributed by atoms with Gasteiger partial charge in [0.05, 0.1) is 0 Å². The number of ether oxygens (including phenoxy) is 1. The molecule has 0 aromatic rings. The summed E-state index contributed by atoms with van der Waals surface area (Å²) in [5.74, 6) is 5.63. The number of fused-ring (bicyclic) bond motifs is 5. The van der Waals surface area contributed by atoms with E-state index in [2.05, 4.69) is 26.0 Å². The summed E-state index contributed by atoms with van der Waals surface area (Å²) in [4.78, 5) is 0. The Morgan fingerprint density at radius 2 is 2.09 bits per heavy atom. The van der Waals surface area contributed by atoms with E-state index >= 15 is 0 Å². The van der Waals surface area contributed by atoms with Crippen LogP contribution in [0.1, 0.15) is 65.2 Å². The van der Waals surface area contributed by atoms with E-state index in [-0.39, 0.29) is 0 Å². The Labute approximate surface area is 136 Å². The average molecular weight is 303 g/mol. The van der Waals surface area contributed by atoms with Crippen LogP contribution < -0.4 is 0 Å². The van der Waals surface area contributed by atoms with E-state index in [0.717, 1.165) is 48.7 Å². The summed E-state index contributed by atoms with van der Waals surface area (Å²) in [6.07, 6.45) is 16.8. The van der Waals surface area contributed by atoms with Gasteiger partial charge in [0.15, 0.2) is 0 Å². The molecule has 0 amide bonds. The lowest BCUT2D eigenvalue weighted by Gasteiger charge is -2.56. The van der Waals surface area contributed by atoms with Crippen LogP contribution in [0.15, 0.2) is 12.2 Å². The monoisotopic (exact) mass is 302 g/mol. The molecule has 4 rings (SSSR count). The first-order chi connectivity index (χ1) is 10.7. The Kier molecular flexibility index (Phi) is 4.13. The van der Waals surface area contributed by atoms with Crippen molar-refractivity contribution in [3.63, 3.8) is 0 Å². The second kappa shape index (κ2) is 5.96. The average Bonchev–Trinajstić information content (AvgIpc) is 2.94. The van der Waals surface area contributed by atoms with Gasteiger partial charge >= 0.3 is 0 Å².